The van der Waals surface area contributed by atoms with Gasteiger partial charge in [-0.25, -0.2) is 0 Å². The second-order valence-corrected chi connectivity index (χ2v) is 15.4. The Bertz CT molecular complexity index is 1910. The number of nitrogens with one attached hydrogen (secondary N) is 2. The predicted molar refractivity (Wildman–Crippen MR) is 213 cm³/mol. The van der Waals surface area contributed by atoms with E-state index in [-0.39, 0.29) is 0 Å². The number of rotatable bonds is 8. The topological polar surface area (TPSA) is 121 Å². The number of benzene rings is 3. The maximum absolute atomic E-state index is 6.54. The molecule has 6 heterocycles. The van der Waals surface area contributed by atoms with Gasteiger partial charge in [-0.1, -0.05) is 48.5 Å². The SMILES string of the molecule is NC(=NN1CCC(N2CCCC2)CC1)c1ccc2cc(-c3ccc(-c4cc5ccc(C(N)=NN6CCC(N7CCCC7)CC6)cc5[nH]4)cc3)[nH]c2c1. The van der Waals surface area contributed by atoms with E-state index in [0.29, 0.717) is 23.8 Å². The molecular weight excluding hydrogens is 645 g/mol. The molecule has 270 valence electrons. The summed E-state index contributed by atoms with van der Waals surface area (Å²) in [6.07, 6.45) is 10.0. The van der Waals surface area contributed by atoms with Crippen molar-refractivity contribution in [2.45, 2.75) is 63.5 Å². The molecule has 0 bridgehead atoms. The number of H-pyrrole nitrogens is 2. The number of likely N-dealkylation sites (tertiary alicyclic amines) is 2. The van der Waals surface area contributed by atoms with Crippen molar-refractivity contribution in [2.75, 3.05) is 52.4 Å². The van der Waals surface area contributed by atoms with Crippen LogP contribution in [0.5, 0.6) is 0 Å². The molecule has 4 aliphatic heterocycles. The number of fused-ring (bicyclic) bond motifs is 2. The number of nitrogens with two attached hydrogens (primary N) is 2. The first-order chi connectivity index (χ1) is 25.5. The van der Waals surface area contributed by atoms with E-state index < -0.39 is 0 Å². The van der Waals surface area contributed by atoms with Gasteiger partial charge in [0.05, 0.1) is 0 Å². The molecule has 0 amide bonds. The van der Waals surface area contributed by atoms with E-state index in [2.05, 4.69) is 103 Å². The predicted octanol–water partition coefficient (Wildman–Crippen LogP) is 6.34. The Morgan fingerprint density at radius 2 is 0.885 bits per heavy atom. The van der Waals surface area contributed by atoms with Gasteiger partial charge in [-0.2, -0.15) is 10.2 Å². The minimum absolute atomic E-state index is 0.579. The molecule has 4 aliphatic rings. The first-order valence-corrected chi connectivity index (χ1v) is 19.6. The van der Waals surface area contributed by atoms with Crippen molar-refractivity contribution in [1.29, 1.82) is 0 Å². The van der Waals surface area contributed by atoms with Crippen LogP contribution in [0, 0.1) is 0 Å². The Kier molecular flexibility index (Phi) is 9.10. The van der Waals surface area contributed by atoms with Crippen molar-refractivity contribution in [3.05, 3.63) is 83.9 Å². The second-order valence-electron chi connectivity index (χ2n) is 15.4. The van der Waals surface area contributed by atoms with E-state index in [0.717, 1.165) is 81.6 Å². The van der Waals surface area contributed by atoms with Gasteiger partial charge in [0.25, 0.3) is 0 Å². The third-order valence-corrected chi connectivity index (χ3v) is 12.0. The summed E-state index contributed by atoms with van der Waals surface area (Å²) in [5.74, 6) is 1.16. The molecular formula is C42H52N10. The Labute approximate surface area is 306 Å². The van der Waals surface area contributed by atoms with Crippen molar-refractivity contribution in [2.24, 2.45) is 21.7 Å². The molecule has 52 heavy (non-hydrogen) atoms. The van der Waals surface area contributed by atoms with Gasteiger partial charge in [0.2, 0.25) is 0 Å². The second kappa shape index (κ2) is 14.3. The van der Waals surface area contributed by atoms with Crippen LogP contribution in [0.15, 0.2) is 83.0 Å². The first-order valence-electron chi connectivity index (χ1n) is 19.6. The maximum atomic E-state index is 6.54. The van der Waals surface area contributed by atoms with Gasteiger partial charge in [-0.15, -0.1) is 0 Å². The first kappa shape index (κ1) is 33.1. The van der Waals surface area contributed by atoms with Gasteiger partial charge in [-0.05, 0) is 113 Å². The average molecular weight is 697 g/mol. The van der Waals surface area contributed by atoms with Gasteiger partial charge in [0.15, 0.2) is 11.7 Å². The number of aromatic amines is 2. The molecule has 2 aromatic heterocycles. The molecule has 0 spiro atoms. The number of piperidine rings is 2. The van der Waals surface area contributed by atoms with Crippen molar-refractivity contribution < 1.29 is 0 Å². The van der Waals surface area contributed by atoms with Crippen LogP contribution in [0.2, 0.25) is 0 Å². The van der Waals surface area contributed by atoms with E-state index >= 15 is 0 Å². The van der Waals surface area contributed by atoms with Crippen LogP contribution in [-0.4, -0.2) is 106 Å². The smallest absolute Gasteiger partial charge is 0.150 e. The summed E-state index contributed by atoms with van der Waals surface area (Å²) in [6.45, 7) is 8.90. The molecule has 0 atom stereocenters. The van der Waals surface area contributed by atoms with Crippen molar-refractivity contribution >= 4 is 33.5 Å². The van der Waals surface area contributed by atoms with E-state index in [1.54, 1.807) is 0 Å². The van der Waals surface area contributed by atoms with Crippen LogP contribution < -0.4 is 11.5 Å². The molecule has 6 N–H and O–H groups in total. The standard InChI is InChI=1S/C42H52N10/c43-41(47-51-21-13-35(14-22-51)49-17-1-2-18-49)33-11-9-31-25-37(45-39(31)27-33)29-5-7-30(8-6-29)38-26-32-10-12-34(28-40(32)46-38)42(44)48-52-23-15-36(16-24-52)50-19-3-4-20-50/h5-12,25-28,35-36,45-46H,1-4,13-24H2,(H2,43,47)(H2,44,48). The molecule has 10 heteroatoms. The molecule has 4 saturated heterocycles. The van der Waals surface area contributed by atoms with Crippen molar-refractivity contribution in [3.63, 3.8) is 0 Å². The minimum Gasteiger partial charge on any atom is -0.382 e. The third-order valence-electron chi connectivity index (χ3n) is 12.0. The molecule has 4 fully saturated rings. The Morgan fingerprint density at radius 1 is 0.500 bits per heavy atom. The Hall–Kier alpha value is -4.80. The number of amidine groups is 2. The number of hydrogen-bond acceptors (Lipinski definition) is 6. The van der Waals surface area contributed by atoms with Crippen LogP contribution in [0.25, 0.3) is 44.3 Å². The summed E-state index contributed by atoms with van der Waals surface area (Å²) < 4.78 is 0. The normalized spacial score (nSPS) is 20.6. The zero-order valence-electron chi connectivity index (χ0n) is 30.2. The number of nitrogens with zero attached hydrogens (tertiary/aromatic N) is 6. The maximum Gasteiger partial charge on any atom is 0.150 e. The summed E-state index contributed by atoms with van der Waals surface area (Å²) in [6, 6.07) is 27.2. The summed E-state index contributed by atoms with van der Waals surface area (Å²) in [5, 5.41) is 16.3. The highest BCUT2D eigenvalue weighted by molar-refractivity contribution is 6.02. The van der Waals surface area contributed by atoms with E-state index in [1.807, 2.05) is 0 Å². The molecule has 0 aliphatic carbocycles. The van der Waals surface area contributed by atoms with E-state index in [1.165, 1.54) is 77.5 Å². The van der Waals surface area contributed by atoms with Gasteiger partial charge in [0, 0.05) is 82.6 Å². The van der Waals surface area contributed by atoms with Crippen LogP contribution in [-0.2, 0) is 0 Å². The van der Waals surface area contributed by atoms with Gasteiger partial charge in [0.1, 0.15) is 0 Å². The average Bonchev–Trinajstić information content (AvgIpc) is 4.02. The fourth-order valence-electron chi connectivity index (χ4n) is 8.98. The number of aromatic nitrogens is 2. The highest BCUT2D eigenvalue weighted by Gasteiger charge is 2.27. The molecule has 0 unspecified atom stereocenters. The van der Waals surface area contributed by atoms with E-state index in [4.69, 9.17) is 21.7 Å². The Balaban J connectivity index is 0.847. The quantitative estimate of drug-likeness (QED) is 0.111. The Morgan fingerprint density at radius 3 is 1.27 bits per heavy atom. The fraction of sp³-hybridized carbons (Fsp3) is 0.429. The van der Waals surface area contributed by atoms with Crippen molar-refractivity contribution in [3.8, 4) is 22.5 Å². The molecule has 3 aromatic carbocycles. The minimum atomic E-state index is 0.579. The lowest BCUT2D eigenvalue weighted by atomic mass is 10.1. The van der Waals surface area contributed by atoms with Gasteiger partial charge < -0.3 is 31.2 Å². The summed E-state index contributed by atoms with van der Waals surface area (Å²) >= 11 is 0. The lowest BCUT2D eigenvalue weighted by molar-refractivity contribution is 0.130. The third kappa shape index (κ3) is 6.89. The van der Waals surface area contributed by atoms with Crippen molar-refractivity contribution in [1.82, 2.24) is 29.8 Å². The highest BCUT2D eigenvalue weighted by Crippen LogP contribution is 2.30. The summed E-state index contributed by atoms with van der Waals surface area (Å²) in [4.78, 5) is 12.6. The van der Waals surface area contributed by atoms with E-state index in [9.17, 15) is 0 Å². The molecule has 0 saturated carbocycles. The van der Waals surface area contributed by atoms with Crippen LogP contribution in [0.1, 0.15) is 62.5 Å². The molecule has 9 rings (SSSR count). The number of hydrogen-bond donors (Lipinski definition) is 4. The lowest BCUT2D eigenvalue weighted by Crippen LogP contribution is -2.42. The van der Waals surface area contributed by atoms with Crippen LogP contribution in [0.4, 0.5) is 0 Å². The number of hydrazone groups is 2. The van der Waals surface area contributed by atoms with Crippen LogP contribution in [0.3, 0.4) is 0 Å². The summed E-state index contributed by atoms with van der Waals surface area (Å²) in [5.41, 5.74) is 21.5. The van der Waals surface area contributed by atoms with Crippen LogP contribution >= 0.6 is 0 Å². The monoisotopic (exact) mass is 696 g/mol. The zero-order chi connectivity index (χ0) is 35.0. The molecule has 0 radical (unpaired) electrons. The lowest BCUT2D eigenvalue weighted by Gasteiger charge is -2.35. The van der Waals surface area contributed by atoms with Gasteiger partial charge in [-0.3, -0.25) is 10.0 Å². The summed E-state index contributed by atoms with van der Waals surface area (Å²) in [7, 11) is 0. The molecule has 10 nitrogen and oxygen atoms in total. The highest BCUT2D eigenvalue weighted by atomic mass is 15.5. The zero-order valence-corrected chi connectivity index (χ0v) is 30.2. The van der Waals surface area contributed by atoms with Gasteiger partial charge >= 0.3 is 0 Å². The fourth-order valence-corrected chi connectivity index (χ4v) is 8.98. The molecule has 5 aromatic rings. The largest absolute Gasteiger partial charge is 0.382 e.